The third-order valence-electron chi connectivity index (χ3n) is 3.53. The molecule has 0 radical (unpaired) electrons. The van der Waals surface area contributed by atoms with Crippen LogP contribution in [0.4, 0.5) is 0 Å². The molecular weight excluding hydrogens is 252 g/mol. The van der Waals surface area contributed by atoms with Crippen LogP contribution in [0.5, 0.6) is 0 Å². The summed E-state index contributed by atoms with van der Waals surface area (Å²) in [7, 11) is 3.44. The van der Waals surface area contributed by atoms with Gasteiger partial charge in [0.05, 0.1) is 0 Å². The van der Waals surface area contributed by atoms with E-state index in [1.54, 1.807) is 14.1 Å². The highest BCUT2D eigenvalue weighted by atomic mass is 16.3. The van der Waals surface area contributed by atoms with Crippen molar-refractivity contribution >= 4 is 22.4 Å². The van der Waals surface area contributed by atoms with Crippen molar-refractivity contribution in [2.75, 3.05) is 27.2 Å². The second-order valence-corrected chi connectivity index (χ2v) is 5.26. The van der Waals surface area contributed by atoms with Gasteiger partial charge in [-0.15, -0.1) is 0 Å². The molecule has 1 aromatic heterocycles. The van der Waals surface area contributed by atoms with Gasteiger partial charge in [-0.3, -0.25) is 4.79 Å². The van der Waals surface area contributed by atoms with Crippen molar-refractivity contribution < 1.29 is 9.21 Å². The van der Waals surface area contributed by atoms with Gasteiger partial charge in [0.2, 0.25) is 0 Å². The summed E-state index contributed by atoms with van der Waals surface area (Å²) in [6.45, 7) is 1.94. The number of hydrogen-bond acceptors (Lipinski definition) is 3. The van der Waals surface area contributed by atoms with E-state index in [1.807, 2.05) is 12.1 Å². The molecule has 0 saturated carbocycles. The molecule has 0 spiro atoms. The Labute approximate surface area is 118 Å². The third-order valence-corrected chi connectivity index (χ3v) is 3.53. The molecule has 2 aromatic rings. The molecule has 1 amide bonds. The highest BCUT2D eigenvalue weighted by Crippen LogP contribution is 2.25. The lowest BCUT2D eigenvalue weighted by molar-refractivity contribution is 0.0799. The van der Waals surface area contributed by atoms with Crippen LogP contribution in [0.1, 0.15) is 22.5 Å². The summed E-state index contributed by atoms with van der Waals surface area (Å²) < 4.78 is 5.61. The Balaban J connectivity index is 1.99. The molecule has 1 N–H and O–H groups in total. The summed E-state index contributed by atoms with van der Waals surface area (Å²) >= 11 is 0. The van der Waals surface area contributed by atoms with Gasteiger partial charge < -0.3 is 14.6 Å². The second-order valence-electron chi connectivity index (χ2n) is 5.26. The average Bonchev–Trinajstić information content (AvgIpc) is 2.90. The van der Waals surface area contributed by atoms with E-state index >= 15 is 0 Å². The zero-order valence-corrected chi connectivity index (χ0v) is 11.8. The molecule has 4 heteroatoms. The van der Waals surface area contributed by atoms with Crippen molar-refractivity contribution in [3.05, 3.63) is 41.7 Å². The van der Waals surface area contributed by atoms with Gasteiger partial charge in [-0.1, -0.05) is 12.1 Å². The number of furan rings is 1. The largest absolute Gasteiger partial charge is 0.451 e. The van der Waals surface area contributed by atoms with E-state index in [4.69, 9.17) is 4.42 Å². The summed E-state index contributed by atoms with van der Waals surface area (Å²) in [6.07, 6.45) is 3.33. The molecule has 1 aliphatic rings. The number of nitrogens with one attached hydrogen (secondary N) is 1. The Hall–Kier alpha value is -2.07. The van der Waals surface area contributed by atoms with E-state index in [0.29, 0.717) is 5.76 Å². The molecule has 3 rings (SSSR count). The summed E-state index contributed by atoms with van der Waals surface area (Å²) in [6, 6.07) is 7.89. The summed E-state index contributed by atoms with van der Waals surface area (Å²) in [5.41, 5.74) is 3.25. The van der Waals surface area contributed by atoms with E-state index in [2.05, 4.69) is 23.5 Å². The SMILES string of the molecule is CN(C)C(=O)c1cc2cc(C3=CCCNC3)ccc2o1. The van der Waals surface area contributed by atoms with Crippen molar-refractivity contribution in [3.63, 3.8) is 0 Å². The highest BCUT2D eigenvalue weighted by Gasteiger charge is 2.15. The molecule has 0 aliphatic carbocycles. The van der Waals surface area contributed by atoms with Crippen LogP contribution in [0.3, 0.4) is 0 Å². The van der Waals surface area contributed by atoms with Gasteiger partial charge in [0.1, 0.15) is 5.58 Å². The monoisotopic (exact) mass is 270 g/mol. The molecule has 1 aliphatic heterocycles. The number of carbonyl (C=O) groups excluding carboxylic acids is 1. The Morgan fingerprint density at radius 2 is 2.15 bits per heavy atom. The van der Waals surface area contributed by atoms with Gasteiger partial charge in [0, 0.05) is 26.0 Å². The molecule has 104 valence electrons. The van der Waals surface area contributed by atoms with Gasteiger partial charge in [0.15, 0.2) is 5.76 Å². The molecule has 4 nitrogen and oxygen atoms in total. The lowest BCUT2D eigenvalue weighted by atomic mass is 10.0. The van der Waals surface area contributed by atoms with Crippen LogP contribution in [0.2, 0.25) is 0 Å². The summed E-state index contributed by atoms with van der Waals surface area (Å²) in [4.78, 5) is 13.4. The van der Waals surface area contributed by atoms with Crippen molar-refractivity contribution in [1.82, 2.24) is 10.2 Å². The van der Waals surface area contributed by atoms with E-state index < -0.39 is 0 Å². The fourth-order valence-electron chi connectivity index (χ4n) is 2.43. The number of rotatable bonds is 2. The zero-order chi connectivity index (χ0) is 14.1. The normalized spacial score (nSPS) is 15.2. The Bertz CT molecular complexity index is 683. The third kappa shape index (κ3) is 2.34. The van der Waals surface area contributed by atoms with Crippen molar-refractivity contribution in [2.24, 2.45) is 0 Å². The first kappa shape index (κ1) is 12.9. The molecule has 0 fully saturated rings. The van der Waals surface area contributed by atoms with Gasteiger partial charge in [-0.2, -0.15) is 0 Å². The van der Waals surface area contributed by atoms with E-state index in [-0.39, 0.29) is 5.91 Å². The van der Waals surface area contributed by atoms with Crippen LogP contribution in [-0.2, 0) is 0 Å². The predicted octanol–water partition coefficient (Wildman–Crippen LogP) is 2.51. The number of fused-ring (bicyclic) bond motifs is 1. The molecule has 0 saturated heterocycles. The Morgan fingerprint density at radius 3 is 2.85 bits per heavy atom. The van der Waals surface area contributed by atoms with Crippen LogP contribution in [-0.4, -0.2) is 38.0 Å². The van der Waals surface area contributed by atoms with Crippen molar-refractivity contribution in [1.29, 1.82) is 0 Å². The van der Waals surface area contributed by atoms with Crippen LogP contribution >= 0.6 is 0 Å². The Morgan fingerprint density at radius 1 is 1.30 bits per heavy atom. The lowest BCUT2D eigenvalue weighted by Gasteiger charge is -2.14. The Kier molecular flexibility index (Phi) is 3.32. The molecule has 20 heavy (non-hydrogen) atoms. The van der Waals surface area contributed by atoms with E-state index in [0.717, 1.165) is 30.5 Å². The number of hydrogen-bond donors (Lipinski definition) is 1. The maximum atomic E-state index is 11.9. The molecular formula is C16H18N2O2. The smallest absolute Gasteiger partial charge is 0.289 e. The molecule has 0 unspecified atom stereocenters. The summed E-state index contributed by atoms with van der Waals surface area (Å²) in [5, 5.41) is 4.34. The van der Waals surface area contributed by atoms with Crippen LogP contribution < -0.4 is 5.32 Å². The first-order valence-corrected chi connectivity index (χ1v) is 6.80. The quantitative estimate of drug-likeness (QED) is 0.912. The second kappa shape index (κ2) is 5.13. The molecule has 1 aromatic carbocycles. The summed E-state index contributed by atoms with van der Waals surface area (Å²) in [5.74, 6) is 0.277. The fourth-order valence-corrected chi connectivity index (χ4v) is 2.43. The minimum absolute atomic E-state index is 0.110. The van der Waals surface area contributed by atoms with Crippen molar-refractivity contribution in [2.45, 2.75) is 6.42 Å². The van der Waals surface area contributed by atoms with Crippen LogP contribution in [0.15, 0.2) is 34.8 Å². The number of nitrogens with zero attached hydrogens (tertiary/aromatic N) is 1. The maximum absolute atomic E-state index is 11.9. The van der Waals surface area contributed by atoms with E-state index in [1.165, 1.54) is 16.0 Å². The molecule has 0 atom stereocenters. The fraction of sp³-hybridized carbons (Fsp3) is 0.312. The molecule has 0 bridgehead atoms. The lowest BCUT2D eigenvalue weighted by Crippen LogP contribution is -2.21. The number of benzene rings is 1. The van der Waals surface area contributed by atoms with E-state index in [9.17, 15) is 4.79 Å². The van der Waals surface area contributed by atoms with Crippen LogP contribution in [0.25, 0.3) is 16.5 Å². The average molecular weight is 270 g/mol. The first-order chi connectivity index (χ1) is 9.65. The predicted molar refractivity (Wildman–Crippen MR) is 79.7 cm³/mol. The van der Waals surface area contributed by atoms with Gasteiger partial charge in [-0.25, -0.2) is 0 Å². The minimum Gasteiger partial charge on any atom is -0.451 e. The van der Waals surface area contributed by atoms with Gasteiger partial charge in [0.25, 0.3) is 5.91 Å². The highest BCUT2D eigenvalue weighted by molar-refractivity contribution is 5.96. The van der Waals surface area contributed by atoms with Crippen molar-refractivity contribution in [3.8, 4) is 0 Å². The number of amides is 1. The maximum Gasteiger partial charge on any atom is 0.289 e. The zero-order valence-electron chi connectivity index (χ0n) is 11.8. The van der Waals surface area contributed by atoms with Gasteiger partial charge >= 0.3 is 0 Å². The topological polar surface area (TPSA) is 45.5 Å². The minimum atomic E-state index is -0.110. The standard InChI is InChI=1S/C16H18N2O2/c1-18(2)16(19)15-9-13-8-11(5-6-14(13)20-15)12-4-3-7-17-10-12/h4-6,8-9,17H,3,7,10H2,1-2H3. The van der Waals surface area contributed by atoms with Crippen LogP contribution in [0, 0.1) is 0 Å². The van der Waals surface area contributed by atoms with Gasteiger partial charge in [-0.05, 0) is 42.3 Å². The first-order valence-electron chi connectivity index (χ1n) is 6.80. The number of carbonyl (C=O) groups is 1. The molecule has 2 heterocycles.